The van der Waals surface area contributed by atoms with Crippen LogP contribution < -0.4 is 11.2 Å². The van der Waals surface area contributed by atoms with Gasteiger partial charge >= 0.3 is 5.69 Å². The molecule has 23 heavy (non-hydrogen) atoms. The Hall–Kier alpha value is -2.25. The fourth-order valence-electron chi connectivity index (χ4n) is 2.82. The van der Waals surface area contributed by atoms with Crippen molar-refractivity contribution in [1.29, 1.82) is 0 Å². The van der Waals surface area contributed by atoms with Crippen molar-refractivity contribution in [2.24, 2.45) is 0 Å². The molecule has 0 radical (unpaired) electrons. The zero-order chi connectivity index (χ0) is 16.1. The minimum atomic E-state index is -0.465. The summed E-state index contributed by atoms with van der Waals surface area (Å²) in [4.78, 5) is 34.0. The van der Waals surface area contributed by atoms with Gasteiger partial charge in [0.05, 0.1) is 18.4 Å². The summed E-state index contributed by atoms with van der Waals surface area (Å²) in [6.45, 7) is 2.75. The minimum absolute atomic E-state index is 0.138. The molecule has 7 nitrogen and oxygen atoms in total. The van der Waals surface area contributed by atoms with E-state index in [0.717, 1.165) is 31.6 Å². The van der Waals surface area contributed by atoms with Crippen LogP contribution in [0.3, 0.4) is 0 Å². The van der Waals surface area contributed by atoms with Gasteiger partial charge in [-0.2, -0.15) is 0 Å². The van der Waals surface area contributed by atoms with Gasteiger partial charge in [0.25, 0.3) is 5.56 Å². The van der Waals surface area contributed by atoms with E-state index in [1.165, 1.54) is 6.07 Å². The number of nitrogens with one attached hydrogen (secondary N) is 2. The van der Waals surface area contributed by atoms with E-state index in [9.17, 15) is 9.59 Å². The van der Waals surface area contributed by atoms with Crippen LogP contribution in [-0.2, 0) is 17.9 Å². The third-order valence-electron chi connectivity index (χ3n) is 3.87. The number of aromatic amines is 2. The minimum Gasteiger partial charge on any atom is -0.371 e. The summed E-state index contributed by atoms with van der Waals surface area (Å²) >= 11 is 0. The number of hydrogen-bond donors (Lipinski definition) is 2. The summed E-state index contributed by atoms with van der Waals surface area (Å²) in [6, 6.07) is 7.21. The van der Waals surface area contributed by atoms with Crippen LogP contribution in [-0.4, -0.2) is 39.0 Å². The summed E-state index contributed by atoms with van der Waals surface area (Å²) in [7, 11) is 0. The Balaban J connectivity index is 1.55. The van der Waals surface area contributed by atoms with Crippen LogP contribution in [0.25, 0.3) is 0 Å². The van der Waals surface area contributed by atoms with E-state index >= 15 is 0 Å². The first-order valence-electron chi connectivity index (χ1n) is 7.75. The Labute approximate surface area is 133 Å². The van der Waals surface area contributed by atoms with Gasteiger partial charge in [0.15, 0.2) is 0 Å². The highest BCUT2D eigenvalue weighted by molar-refractivity contribution is 5.02. The lowest BCUT2D eigenvalue weighted by Crippen LogP contribution is -2.40. The van der Waals surface area contributed by atoms with E-state index in [0.29, 0.717) is 18.8 Å². The zero-order valence-electron chi connectivity index (χ0n) is 12.8. The molecule has 0 spiro atoms. The molecule has 2 aromatic rings. The zero-order valence-corrected chi connectivity index (χ0v) is 12.8. The molecule has 0 saturated carbocycles. The summed E-state index contributed by atoms with van der Waals surface area (Å²) in [5.74, 6) is 0. The fraction of sp³-hybridized carbons (Fsp3) is 0.438. The van der Waals surface area contributed by atoms with Crippen LogP contribution in [0.2, 0.25) is 0 Å². The molecule has 1 aliphatic heterocycles. The third-order valence-corrected chi connectivity index (χ3v) is 3.87. The number of likely N-dealkylation sites (tertiary alicyclic amines) is 1. The van der Waals surface area contributed by atoms with Gasteiger partial charge in [-0.3, -0.25) is 19.7 Å². The molecule has 1 atom stereocenters. The van der Waals surface area contributed by atoms with Crippen LogP contribution in [0, 0.1) is 0 Å². The smallest absolute Gasteiger partial charge is 0.325 e. The summed E-state index contributed by atoms with van der Waals surface area (Å²) in [5, 5.41) is 0. The Morgan fingerprint density at radius 2 is 2.22 bits per heavy atom. The van der Waals surface area contributed by atoms with Crippen LogP contribution in [0.5, 0.6) is 0 Å². The maximum atomic E-state index is 11.4. The Bertz CT molecular complexity index is 712. The number of pyridine rings is 1. The second-order valence-electron chi connectivity index (χ2n) is 5.74. The highest BCUT2D eigenvalue weighted by Crippen LogP contribution is 2.16. The van der Waals surface area contributed by atoms with Gasteiger partial charge in [-0.25, -0.2) is 4.79 Å². The fourth-order valence-corrected chi connectivity index (χ4v) is 2.82. The monoisotopic (exact) mass is 316 g/mol. The van der Waals surface area contributed by atoms with Crippen LogP contribution in [0.15, 0.2) is 40.1 Å². The summed E-state index contributed by atoms with van der Waals surface area (Å²) in [6.07, 6.45) is 3.93. The summed E-state index contributed by atoms with van der Waals surface area (Å²) in [5.41, 5.74) is 0.712. The van der Waals surface area contributed by atoms with Gasteiger partial charge in [0, 0.05) is 31.0 Å². The molecule has 3 rings (SSSR count). The number of ether oxygens (including phenoxy) is 1. The molecule has 1 aliphatic rings. The first-order chi connectivity index (χ1) is 11.2. The van der Waals surface area contributed by atoms with Gasteiger partial charge in [-0.1, -0.05) is 6.07 Å². The van der Waals surface area contributed by atoms with E-state index in [4.69, 9.17) is 4.74 Å². The van der Waals surface area contributed by atoms with Crippen molar-refractivity contribution in [3.8, 4) is 0 Å². The van der Waals surface area contributed by atoms with Crippen LogP contribution in [0.1, 0.15) is 24.2 Å². The summed E-state index contributed by atoms with van der Waals surface area (Å²) < 4.78 is 5.94. The average Bonchev–Trinajstić information content (AvgIpc) is 2.53. The van der Waals surface area contributed by atoms with Crippen molar-refractivity contribution in [2.45, 2.75) is 32.1 Å². The second-order valence-corrected chi connectivity index (χ2v) is 5.74. The third kappa shape index (κ3) is 4.61. The predicted octanol–water partition coefficient (Wildman–Crippen LogP) is 0.639. The molecule has 0 amide bonds. The van der Waals surface area contributed by atoms with Crippen molar-refractivity contribution >= 4 is 0 Å². The normalized spacial score (nSPS) is 18.9. The molecule has 3 heterocycles. The van der Waals surface area contributed by atoms with Gasteiger partial charge in [-0.15, -0.1) is 0 Å². The van der Waals surface area contributed by atoms with E-state index in [2.05, 4.69) is 19.9 Å². The van der Waals surface area contributed by atoms with Gasteiger partial charge < -0.3 is 9.72 Å². The molecule has 1 fully saturated rings. The quantitative estimate of drug-likeness (QED) is 0.845. The van der Waals surface area contributed by atoms with Crippen LogP contribution in [0.4, 0.5) is 0 Å². The van der Waals surface area contributed by atoms with Crippen molar-refractivity contribution < 1.29 is 4.74 Å². The van der Waals surface area contributed by atoms with Gasteiger partial charge in [0.1, 0.15) is 0 Å². The number of hydrogen-bond acceptors (Lipinski definition) is 5. The molecular formula is C16H20N4O3. The molecule has 0 aromatic carbocycles. The maximum Gasteiger partial charge on any atom is 0.325 e. The predicted molar refractivity (Wildman–Crippen MR) is 85.0 cm³/mol. The lowest BCUT2D eigenvalue weighted by Gasteiger charge is -2.32. The Morgan fingerprint density at radius 1 is 1.30 bits per heavy atom. The Kier molecular flexibility index (Phi) is 4.99. The first-order valence-corrected chi connectivity index (χ1v) is 7.75. The topological polar surface area (TPSA) is 91.1 Å². The van der Waals surface area contributed by atoms with E-state index in [1.54, 1.807) is 6.20 Å². The van der Waals surface area contributed by atoms with Crippen LogP contribution >= 0.6 is 0 Å². The number of nitrogens with zero attached hydrogens (tertiary/aromatic N) is 2. The van der Waals surface area contributed by atoms with Gasteiger partial charge in [-0.05, 0) is 31.5 Å². The van der Waals surface area contributed by atoms with E-state index in [-0.39, 0.29) is 11.7 Å². The second kappa shape index (κ2) is 7.34. The highest BCUT2D eigenvalue weighted by Gasteiger charge is 2.21. The maximum absolute atomic E-state index is 11.4. The number of H-pyrrole nitrogens is 2. The standard InChI is InChI=1S/C16H20N4O3/c21-15-8-13(18-16(22)19-15)9-20-7-3-5-14(10-20)23-11-12-4-1-2-6-17-12/h1-2,4,6,8,14H,3,5,7,9-11H2,(H2,18,19,21,22). The largest absolute Gasteiger partial charge is 0.371 e. The molecule has 2 N–H and O–H groups in total. The first kappa shape index (κ1) is 15.6. The van der Waals surface area contributed by atoms with E-state index in [1.807, 2.05) is 18.2 Å². The molecule has 0 bridgehead atoms. The van der Waals surface area contributed by atoms with Crippen molar-refractivity contribution in [2.75, 3.05) is 13.1 Å². The van der Waals surface area contributed by atoms with Crippen molar-refractivity contribution in [3.63, 3.8) is 0 Å². The van der Waals surface area contributed by atoms with Crippen molar-refractivity contribution in [3.05, 3.63) is 62.7 Å². The lowest BCUT2D eigenvalue weighted by molar-refractivity contribution is -0.0135. The molecule has 2 aromatic heterocycles. The number of rotatable bonds is 5. The molecule has 0 aliphatic carbocycles. The lowest BCUT2D eigenvalue weighted by atomic mass is 10.1. The SMILES string of the molecule is O=c1cc(CN2CCCC(OCc3ccccn3)C2)[nH]c(=O)[nH]1. The molecule has 122 valence electrons. The number of aromatic nitrogens is 3. The van der Waals surface area contributed by atoms with Crippen molar-refractivity contribution in [1.82, 2.24) is 19.9 Å². The number of piperidine rings is 1. The van der Waals surface area contributed by atoms with Gasteiger partial charge in [0.2, 0.25) is 0 Å². The highest BCUT2D eigenvalue weighted by atomic mass is 16.5. The Morgan fingerprint density at radius 3 is 3.00 bits per heavy atom. The average molecular weight is 316 g/mol. The van der Waals surface area contributed by atoms with E-state index < -0.39 is 5.69 Å². The molecule has 1 saturated heterocycles. The molecule has 1 unspecified atom stereocenters. The molecular weight excluding hydrogens is 296 g/mol. The molecule has 7 heteroatoms.